The van der Waals surface area contributed by atoms with Gasteiger partial charge in [-0.2, -0.15) is 0 Å². The number of nitrogens with two attached hydrogens (primary N) is 1. The molecule has 2 aromatic heterocycles. The lowest BCUT2D eigenvalue weighted by Gasteiger charge is -2.13. The molecule has 0 radical (unpaired) electrons. The number of hydrogen-bond donors (Lipinski definition) is 1. The molecule has 2 aromatic rings. The Kier molecular flexibility index (Phi) is 2.47. The van der Waals surface area contributed by atoms with Gasteiger partial charge in [0.15, 0.2) is 0 Å². The third-order valence-electron chi connectivity index (χ3n) is 2.48. The summed E-state index contributed by atoms with van der Waals surface area (Å²) >= 11 is 0. The molecule has 5 nitrogen and oxygen atoms in total. The van der Waals surface area contributed by atoms with E-state index in [1.807, 2.05) is 20.0 Å². The minimum absolute atomic E-state index is 0.223. The Bertz CT molecular complexity index is 462. The van der Waals surface area contributed by atoms with E-state index < -0.39 is 0 Å². The molecule has 2 N–H and O–H groups in total. The van der Waals surface area contributed by atoms with Crippen LogP contribution in [0.25, 0.3) is 0 Å². The summed E-state index contributed by atoms with van der Waals surface area (Å²) in [6, 6.07) is 1.72. The molecular formula is C10H13N5. The van der Waals surface area contributed by atoms with Gasteiger partial charge in [-0.15, -0.1) is 5.10 Å². The molecular weight excluding hydrogens is 190 g/mol. The Morgan fingerprint density at radius 2 is 2.20 bits per heavy atom. The van der Waals surface area contributed by atoms with Crippen LogP contribution >= 0.6 is 0 Å². The molecule has 0 saturated carbocycles. The van der Waals surface area contributed by atoms with E-state index in [4.69, 9.17) is 5.73 Å². The molecule has 0 amide bonds. The summed E-state index contributed by atoms with van der Waals surface area (Å²) in [5.74, 6) is 0. The second-order valence-electron chi connectivity index (χ2n) is 3.49. The molecule has 0 fully saturated rings. The van der Waals surface area contributed by atoms with E-state index in [1.165, 1.54) is 0 Å². The zero-order valence-electron chi connectivity index (χ0n) is 8.75. The third kappa shape index (κ3) is 1.73. The molecule has 0 aliphatic rings. The fourth-order valence-electron chi connectivity index (χ4n) is 1.54. The van der Waals surface area contributed by atoms with Crippen molar-refractivity contribution in [2.75, 3.05) is 0 Å². The topological polar surface area (TPSA) is 69.6 Å². The van der Waals surface area contributed by atoms with Gasteiger partial charge in [-0.3, -0.25) is 9.67 Å². The van der Waals surface area contributed by atoms with E-state index >= 15 is 0 Å². The van der Waals surface area contributed by atoms with Gasteiger partial charge in [0, 0.05) is 19.4 Å². The highest BCUT2D eigenvalue weighted by Crippen LogP contribution is 2.19. The van der Waals surface area contributed by atoms with E-state index in [9.17, 15) is 0 Å². The Hall–Kier alpha value is -1.75. The van der Waals surface area contributed by atoms with Gasteiger partial charge < -0.3 is 5.73 Å². The van der Waals surface area contributed by atoms with Crippen molar-refractivity contribution in [2.45, 2.75) is 13.0 Å². The summed E-state index contributed by atoms with van der Waals surface area (Å²) in [6.45, 7) is 2.01. The maximum atomic E-state index is 6.12. The monoisotopic (exact) mass is 203 g/mol. The number of nitrogens with zero attached hydrogens (tertiary/aromatic N) is 4. The van der Waals surface area contributed by atoms with Crippen LogP contribution in [-0.4, -0.2) is 20.0 Å². The van der Waals surface area contributed by atoms with Gasteiger partial charge in [0.25, 0.3) is 0 Å². The number of rotatable bonds is 2. The SMILES string of the molecule is Cc1ccncc1C(N)c1cnnn1C. The minimum atomic E-state index is -0.223. The van der Waals surface area contributed by atoms with Crippen molar-refractivity contribution in [2.24, 2.45) is 12.8 Å². The maximum Gasteiger partial charge on any atom is 0.0797 e. The molecule has 2 rings (SSSR count). The van der Waals surface area contributed by atoms with Crippen LogP contribution < -0.4 is 5.73 Å². The van der Waals surface area contributed by atoms with E-state index in [1.54, 1.807) is 23.3 Å². The van der Waals surface area contributed by atoms with E-state index in [0.717, 1.165) is 16.8 Å². The number of pyridine rings is 1. The summed E-state index contributed by atoms with van der Waals surface area (Å²) < 4.78 is 1.68. The molecule has 0 spiro atoms. The van der Waals surface area contributed by atoms with Crippen LogP contribution in [-0.2, 0) is 7.05 Å². The van der Waals surface area contributed by atoms with Crippen molar-refractivity contribution in [3.05, 3.63) is 41.5 Å². The van der Waals surface area contributed by atoms with Crippen LogP contribution in [0.1, 0.15) is 22.9 Å². The average Bonchev–Trinajstić information content (AvgIpc) is 2.64. The van der Waals surface area contributed by atoms with Gasteiger partial charge >= 0.3 is 0 Å². The first-order valence-electron chi connectivity index (χ1n) is 4.71. The molecule has 0 aliphatic heterocycles. The highest BCUT2D eigenvalue weighted by Gasteiger charge is 2.15. The van der Waals surface area contributed by atoms with Gasteiger partial charge in [-0.05, 0) is 24.1 Å². The number of hydrogen-bond acceptors (Lipinski definition) is 4. The normalized spacial score (nSPS) is 12.7. The van der Waals surface area contributed by atoms with E-state index in [2.05, 4.69) is 15.3 Å². The quantitative estimate of drug-likeness (QED) is 0.774. The van der Waals surface area contributed by atoms with Crippen LogP contribution in [0.4, 0.5) is 0 Å². The first-order valence-corrected chi connectivity index (χ1v) is 4.71. The standard InChI is InChI=1S/C10H13N5/c1-7-3-4-12-5-8(7)10(11)9-6-13-14-15(9)2/h3-6,10H,11H2,1-2H3. The van der Waals surface area contributed by atoms with E-state index in [0.29, 0.717) is 0 Å². The molecule has 1 atom stereocenters. The Morgan fingerprint density at radius 3 is 2.80 bits per heavy atom. The molecule has 0 aromatic carbocycles. The van der Waals surface area contributed by atoms with Crippen molar-refractivity contribution < 1.29 is 0 Å². The second-order valence-corrected chi connectivity index (χ2v) is 3.49. The average molecular weight is 203 g/mol. The highest BCUT2D eigenvalue weighted by atomic mass is 15.4. The van der Waals surface area contributed by atoms with Crippen molar-refractivity contribution in [1.29, 1.82) is 0 Å². The van der Waals surface area contributed by atoms with Gasteiger partial charge in [0.2, 0.25) is 0 Å². The summed E-state index contributed by atoms with van der Waals surface area (Å²) in [5.41, 5.74) is 9.13. The van der Waals surface area contributed by atoms with Gasteiger partial charge in [0.1, 0.15) is 0 Å². The first-order chi connectivity index (χ1) is 7.20. The Morgan fingerprint density at radius 1 is 1.40 bits per heavy atom. The molecule has 2 heterocycles. The molecule has 15 heavy (non-hydrogen) atoms. The summed E-state index contributed by atoms with van der Waals surface area (Å²) in [5, 5.41) is 7.67. The lowest BCUT2D eigenvalue weighted by molar-refractivity contribution is 0.649. The van der Waals surface area contributed by atoms with Crippen LogP contribution in [0.3, 0.4) is 0 Å². The van der Waals surface area contributed by atoms with Crippen LogP contribution in [0.15, 0.2) is 24.7 Å². The number of aromatic nitrogens is 4. The Balaban J connectivity index is 2.41. The zero-order valence-corrected chi connectivity index (χ0v) is 8.75. The predicted octanol–water partition coefficient (Wildman–Crippen LogP) is 0.567. The van der Waals surface area contributed by atoms with Crippen LogP contribution in [0.5, 0.6) is 0 Å². The van der Waals surface area contributed by atoms with Gasteiger partial charge in [-0.25, -0.2) is 0 Å². The molecule has 0 bridgehead atoms. The predicted molar refractivity (Wildman–Crippen MR) is 56.0 cm³/mol. The van der Waals surface area contributed by atoms with Crippen molar-refractivity contribution in [3.63, 3.8) is 0 Å². The summed E-state index contributed by atoms with van der Waals surface area (Å²) in [6.07, 6.45) is 5.22. The van der Waals surface area contributed by atoms with Crippen molar-refractivity contribution in [1.82, 2.24) is 20.0 Å². The molecule has 78 valence electrons. The van der Waals surface area contributed by atoms with Gasteiger partial charge in [-0.1, -0.05) is 5.21 Å². The zero-order chi connectivity index (χ0) is 10.8. The Labute approximate surface area is 87.9 Å². The lowest BCUT2D eigenvalue weighted by Crippen LogP contribution is -2.17. The van der Waals surface area contributed by atoms with Crippen molar-refractivity contribution >= 4 is 0 Å². The van der Waals surface area contributed by atoms with Gasteiger partial charge in [0.05, 0.1) is 17.9 Å². The molecule has 0 aliphatic carbocycles. The molecule has 0 saturated heterocycles. The fourth-order valence-corrected chi connectivity index (χ4v) is 1.54. The van der Waals surface area contributed by atoms with Crippen LogP contribution in [0, 0.1) is 6.92 Å². The lowest BCUT2D eigenvalue weighted by atomic mass is 10.0. The molecule has 1 unspecified atom stereocenters. The largest absolute Gasteiger partial charge is 0.319 e. The minimum Gasteiger partial charge on any atom is -0.319 e. The van der Waals surface area contributed by atoms with Crippen LogP contribution in [0.2, 0.25) is 0 Å². The van der Waals surface area contributed by atoms with E-state index in [-0.39, 0.29) is 6.04 Å². The van der Waals surface area contributed by atoms with Crippen molar-refractivity contribution in [3.8, 4) is 0 Å². The fraction of sp³-hybridized carbons (Fsp3) is 0.300. The first kappa shape index (κ1) is 9.79. The maximum absolute atomic E-state index is 6.12. The molecule has 5 heteroatoms. The highest BCUT2D eigenvalue weighted by molar-refractivity contribution is 5.30. The second kappa shape index (κ2) is 3.78. The third-order valence-corrected chi connectivity index (χ3v) is 2.48. The smallest absolute Gasteiger partial charge is 0.0797 e. The summed E-state index contributed by atoms with van der Waals surface area (Å²) in [4.78, 5) is 4.08. The summed E-state index contributed by atoms with van der Waals surface area (Å²) in [7, 11) is 1.83. The number of aryl methyl sites for hydroxylation is 2.